The normalized spacial score (nSPS) is 10.3. The molecule has 0 saturated heterocycles. The molecule has 3 nitrogen and oxygen atoms in total. The highest BCUT2D eigenvalue weighted by Crippen LogP contribution is 2.29. The van der Waals surface area contributed by atoms with E-state index in [2.05, 4.69) is 0 Å². The maximum atomic E-state index is 9.27. The molecule has 0 aliphatic rings. The first-order valence-corrected chi connectivity index (χ1v) is 4.27. The van der Waals surface area contributed by atoms with Gasteiger partial charge >= 0.3 is 0 Å². The summed E-state index contributed by atoms with van der Waals surface area (Å²) in [6, 6.07) is 3.34. The molecule has 72 valence electrons. The van der Waals surface area contributed by atoms with Gasteiger partial charge in [0.15, 0.2) is 11.5 Å². The van der Waals surface area contributed by atoms with Crippen LogP contribution < -0.4 is 0 Å². The van der Waals surface area contributed by atoms with Crippen LogP contribution in [0.1, 0.15) is 17.5 Å². The number of hydrogen-bond donors (Lipinski definition) is 3. The number of phenols is 2. The molecule has 0 aromatic heterocycles. The van der Waals surface area contributed by atoms with Crippen molar-refractivity contribution in [1.29, 1.82) is 0 Å². The molecule has 0 aliphatic carbocycles. The molecule has 0 heterocycles. The van der Waals surface area contributed by atoms with Crippen LogP contribution in [0.3, 0.4) is 0 Å². The van der Waals surface area contributed by atoms with Gasteiger partial charge < -0.3 is 15.3 Å². The molecule has 0 amide bonds. The average molecular weight is 182 g/mol. The number of aliphatic hydroxyl groups is 1. The quantitative estimate of drug-likeness (QED) is 0.618. The molecule has 13 heavy (non-hydrogen) atoms. The molecule has 0 fully saturated rings. The summed E-state index contributed by atoms with van der Waals surface area (Å²) in [5, 5.41) is 27.1. The minimum absolute atomic E-state index is 0.0623. The van der Waals surface area contributed by atoms with Gasteiger partial charge in [0.05, 0.1) is 0 Å². The summed E-state index contributed by atoms with van der Waals surface area (Å²) in [6.07, 6.45) is 1.38. The third kappa shape index (κ3) is 2.36. The largest absolute Gasteiger partial charge is 0.504 e. The number of phenolic OH excluding ortho intramolecular Hbond substituents is 2. The maximum Gasteiger partial charge on any atom is 0.160 e. The predicted molar refractivity (Wildman–Crippen MR) is 49.9 cm³/mol. The Morgan fingerprint density at radius 2 is 1.92 bits per heavy atom. The zero-order chi connectivity index (χ0) is 9.84. The van der Waals surface area contributed by atoms with Crippen molar-refractivity contribution in [2.75, 3.05) is 6.61 Å². The minimum Gasteiger partial charge on any atom is -0.504 e. The van der Waals surface area contributed by atoms with Crippen LogP contribution in [-0.4, -0.2) is 21.9 Å². The topological polar surface area (TPSA) is 60.7 Å². The Morgan fingerprint density at radius 3 is 2.46 bits per heavy atom. The monoisotopic (exact) mass is 182 g/mol. The summed E-state index contributed by atoms with van der Waals surface area (Å²) in [7, 11) is 0. The molecule has 0 spiro atoms. The second kappa shape index (κ2) is 4.14. The van der Waals surface area contributed by atoms with Crippen molar-refractivity contribution in [3.05, 3.63) is 23.3 Å². The van der Waals surface area contributed by atoms with Crippen molar-refractivity contribution in [2.24, 2.45) is 0 Å². The number of benzene rings is 1. The van der Waals surface area contributed by atoms with Crippen LogP contribution >= 0.6 is 0 Å². The van der Waals surface area contributed by atoms with E-state index in [4.69, 9.17) is 5.11 Å². The average Bonchev–Trinajstić information content (AvgIpc) is 2.10. The maximum absolute atomic E-state index is 9.27. The Kier molecular flexibility index (Phi) is 3.14. The van der Waals surface area contributed by atoms with Gasteiger partial charge in [0.1, 0.15) is 0 Å². The number of hydrogen-bond acceptors (Lipinski definition) is 3. The Morgan fingerprint density at radius 1 is 1.23 bits per heavy atom. The highest BCUT2D eigenvalue weighted by Gasteiger charge is 2.04. The first-order chi connectivity index (χ1) is 6.15. The van der Waals surface area contributed by atoms with Gasteiger partial charge in [-0.3, -0.25) is 0 Å². The Balaban J connectivity index is 2.86. The predicted octanol–water partition coefficient (Wildman–Crippen LogP) is 1.33. The third-order valence-corrected chi connectivity index (χ3v) is 1.96. The highest BCUT2D eigenvalue weighted by molar-refractivity contribution is 5.46. The van der Waals surface area contributed by atoms with Crippen LogP contribution in [0.5, 0.6) is 11.5 Å². The van der Waals surface area contributed by atoms with Gasteiger partial charge in [-0.2, -0.15) is 0 Å². The smallest absolute Gasteiger partial charge is 0.160 e. The van der Waals surface area contributed by atoms with Crippen molar-refractivity contribution < 1.29 is 15.3 Å². The molecular formula is C10H14O3. The summed E-state index contributed by atoms with van der Waals surface area (Å²) < 4.78 is 0. The molecule has 1 aromatic carbocycles. The fourth-order valence-electron chi connectivity index (χ4n) is 1.26. The molecule has 0 radical (unpaired) electrons. The Bertz CT molecular complexity index is 271. The lowest BCUT2D eigenvalue weighted by molar-refractivity contribution is 0.288. The van der Waals surface area contributed by atoms with Crippen molar-refractivity contribution in [3.8, 4) is 11.5 Å². The lowest BCUT2D eigenvalue weighted by atomic mass is 10.1. The van der Waals surface area contributed by atoms with Crippen LogP contribution in [0.4, 0.5) is 0 Å². The minimum atomic E-state index is -0.0899. The lowest BCUT2D eigenvalue weighted by Crippen LogP contribution is -1.90. The van der Waals surface area contributed by atoms with Crippen LogP contribution in [0, 0.1) is 6.92 Å². The van der Waals surface area contributed by atoms with Crippen molar-refractivity contribution in [2.45, 2.75) is 19.8 Å². The summed E-state index contributed by atoms with van der Waals surface area (Å²) >= 11 is 0. The Labute approximate surface area is 77.3 Å². The second-order valence-corrected chi connectivity index (χ2v) is 3.11. The van der Waals surface area contributed by atoms with Gasteiger partial charge in [0.25, 0.3) is 0 Å². The molecule has 1 rings (SSSR count). The zero-order valence-electron chi connectivity index (χ0n) is 7.62. The van der Waals surface area contributed by atoms with Crippen LogP contribution in [0.25, 0.3) is 0 Å². The van der Waals surface area contributed by atoms with Crippen LogP contribution in [0.2, 0.25) is 0 Å². The first-order valence-electron chi connectivity index (χ1n) is 4.27. The van der Waals surface area contributed by atoms with Gasteiger partial charge in [-0.15, -0.1) is 0 Å². The van der Waals surface area contributed by atoms with E-state index in [1.54, 1.807) is 6.92 Å². The molecule has 0 atom stereocenters. The molecule has 0 bridgehead atoms. The molecule has 0 unspecified atom stereocenters. The third-order valence-electron chi connectivity index (χ3n) is 1.96. The summed E-state index contributed by atoms with van der Waals surface area (Å²) in [5.74, 6) is -0.152. The molecule has 3 N–H and O–H groups in total. The molecule has 3 heteroatoms. The van der Waals surface area contributed by atoms with Crippen molar-refractivity contribution in [1.82, 2.24) is 0 Å². The summed E-state index contributed by atoms with van der Waals surface area (Å²) in [5.41, 5.74) is 1.59. The van der Waals surface area contributed by atoms with E-state index in [0.29, 0.717) is 18.4 Å². The van der Waals surface area contributed by atoms with E-state index in [0.717, 1.165) is 5.56 Å². The number of aromatic hydroxyl groups is 2. The molecule has 1 aromatic rings. The Hall–Kier alpha value is -1.22. The number of aliphatic hydroxyl groups excluding tert-OH is 1. The SMILES string of the molecule is Cc1cc(CCCO)cc(O)c1O. The van der Waals surface area contributed by atoms with E-state index >= 15 is 0 Å². The van der Waals surface area contributed by atoms with E-state index in [9.17, 15) is 10.2 Å². The van der Waals surface area contributed by atoms with Crippen LogP contribution in [0.15, 0.2) is 12.1 Å². The van der Waals surface area contributed by atoms with Gasteiger partial charge in [-0.05, 0) is 37.0 Å². The van der Waals surface area contributed by atoms with Gasteiger partial charge in [-0.1, -0.05) is 6.07 Å². The highest BCUT2D eigenvalue weighted by atomic mass is 16.3. The van der Waals surface area contributed by atoms with Crippen molar-refractivity contribution in [3.63, 3.8) is 0 Å². The van der Waals surface area contributed by atoms with Crippen LogP contribution in [-0.2, 0) is 6.42 Å². The van der Waals surface area contributed by atoms with E-state index < -0.39 is 0 Å². The fraction of sp³-hybridized carbons (Fsp3) is 0.400. The molecule has 0 aliphatic heterocycles. The van der Waals surface area contributed by atoms with Gasteiger partial charge in [-0.25, -0.2) is 0 Å². The second-order valence-electron chi connectivity index (χ2n) is 3.11. The van der Waals surface area contributed by atoms with E-state index in [1.165, 1.54) is 6.07 Å². The standard InChI is InChI=1S/C10H14O3/c1-7-5-8(3-2-4-11)6-9(12)10(7)13/h5-6,11-13H,2-4H2,1H3. The zero-order valence-corrected chi connectivity index (χ0v) is 7.62. The summed E-state index contributed by atoms with van der Waals surface area (Å²) in [4.78, 5) is 0. The number of aryl methyl sites for hydroxylation is 2. The van der Waals surface area contributed by atoms with Gasteiger partial charge in [0.2, 0.25) is 0 Å². The lowest BCUT2D eigenvalue weighted by Gasteiger charge is -2.05. The van der Waals surface area contributed by atoms with E-state index in [1.807, 2.05) is 6.07 Å². The molecular weight excluding hydrogens is 168 g/mol. The van der Waals surface area contributed by atoms with Crippen molar-refractivity contribution >= 4 is 0 Å². The number of rotatable bonds is 3. The summed E-state index contributed by atoms with van der Waals surface area (Å²) in [6.45, 7) is 1.87. The molecule has 0 saturated carbocycles. The first kappa shape index (κ1) is 9.86. The fourth-order valence-corrected chi connectivity index (χ4v) is 1.26. The van der Waals surface area contributed by atoms with E-state index in [-0.39, 0.29) is 18.1 Å². The van der Waals surface area contributed by atoms with Gasteiger partial charge in [0, 0.05) is 6.61 Å².